The van der Waals surface area contributed by atoms with Gasteiger partial charge in [0.15, 0.2) is 0 Å². The van der Waals surface area contributed by atoms with Gasteiger partial charge in [-0.2, -0.15) is 0 Å². The Hall–Kier alpha value is -2.68. The number of benzene rings is 2. The lowest BCUT2D eigenvalue weighted by atomic mass is 10.0. The average Bonchev–Trinajstić information content (AvgIpc) is 2.75. The molecule has 1 heterocycles. The Balaban J connectivity index is 1.76. The van der Waals surface area contributed by atoms with Gasteiger partial charge in [0.25, 0.3) is 11.6 Å². The number of non-ortho nitro benzene ring substituents is 1. The third-order valence-electron chi connectivity index (χ3n) is 5.64. The van der Waals surface area contributed by atoms with Crippen LogP contribution in [0.2, 0.25) is 5.02 Å². The summed E-state index contributed by atoms with van der Waals surface area (Å²) in [5.41, 5.74) is 2.33. The number of nitro benzene ring substituents is 1. The van der Waals surface area contributed by atoms with Gasteiger partial charge in [-0.15, -0.1) is 0 Å². The third kappa shape index (κ3) is 5.72. The second-order valence-electron chi connectivity index (χ2n) is 7.97. The molecule has 1 aliphatic rings. The van der Waals surface area contributed by atoms with Crippen LogP contribution in [0.3, 0.4) is 0 Å². The number of amides is 1. The quantitative estimate of drug-likeness (QED) is 0.521. The fraction of sp³-hybridized carbons (Fsp3) is 0.409. The van der Waals surface area contributed by atoms with Crippen LogP contribution in [0.15, 0.2) is 42.5 Å². The molecule has 0 spiro atoms. The molecule has 2 aromatic rings. The first kappa shape index (κ1) is 23.0. The molecule has 0 aromatic heterocycles. The van der Waals surface area contributed by atoms with Gasteiger partial charge < -0.3 is 15.1 Å². The SMILES string of the molecule is CN1CCN(C(CNC(=O)c2ccc([N+](=O)[O-])cc2Cl)c2ccc(N(C)C)cc2)CC1. The first-order valence-corrected chi connectivity index (χ1v) is 10.6. The fourth-order valence-corrected chi connectivity index (χ4v) is 3.93. The Morgan fingerprint density at radius 1 is 1.16 bits per heavy atom. The molecule has 1 unspecified atom stereocenters. The van der Waals surface area contributed by atoms with Gasteiger partial charge in [0.1, 0.15) is 0 Å². The molecule has 9 heteroatoms. The molecular weight excluding hydrogens is 418 g/mol. The topological polar surface area (TPSA) is 82.0 Å². The van der Waals surface area contributed by atoms with Crippen LogP contribution in [0.4, 0.5) is 11.4 Å². The molecule has 8 nitrogen and oxygen atoms in total. The second-order valence-corrected chi connectivity index (χ2v) is 8.38. The number of carbonyl (C=O) groups is 1. The molecule has 0 radical (unpaired) electrons. The molecule has 1 fully saturated rings. The maximum atomic E-state index is 12.8. The van der Waals surface area contributed by atoms with Gasteiger partial charge in [0.2, 0.25) is 0 Å². The van der Waals surface area contributed by atoms with Crippen LogP contribution in [0.25, 0.3) is 0 Å². The molecule has 0 saturated carbocycles. The zero-order chi connectivity index (χ0) is 22.5. The van der Waals surface area contributed by atoms with Crippen molar-refractivity contribution in [2.45, 2.75) is 6.04 Å². The third-order valence-corrected chi connectivity index (χ3v) is 5.95. The van der Waals surface area contributed by atoms with Crippen LogP contribution in [0.5, 0.6) is 0 Å². The molecule has 1 amide bonds. The second kappa shape index (κ2) is 10.1. The number of nitrogens with zero attached hydrogens (tertiary/aromatic N) is 4. The van der Waals surface area contributed by atoms with E-state index in [1.165, 1.54) is 18.2 Å². The molecule has 1 saturated heterocycles. The zero-order valence-corrected chi connectivity index (χ0v) is 18.8. The summed E-state index contributed by atoms with van der Waals surface area (Å²) < 4.78 is 0. The molecule has 2 aromatic carbocycles. The molecule has 3 rings (SSSR count). The monoisotopic (exact) mass is 445 g/mol. The smallest absolute Gasteiger partial charge is 0.270 e. The van der Waals surface area contributed by atoms with E-state index in [0.29, 0.717) is 6.54 Å². The predicted molar refractivity (Wildman–Crippen MR) is 123 cm³/mol. The lowest BCUT2D eigenvalue weighted by molar-refractivity contribution is -0.384. The van der Waals surface area contributed by atoms with E-state index in [2.05, 4.69) is 46.4 Å². The van der Waals surface area contributed by atoms with E-state index in [1.807, 2.05) is 19.0 Å². The molecular formula is C22H28ClN5O3. The summed E-state index contributed by atoms with van der Waals surface area (Å²) in [6.07, 6.45) is 0. The summed E-state index contributed by atoms with van der Waals surface area (Å²) in [6.45, 7) is 4.16. The molecule has 1 atom stereocenters. The number of anilines is 1. The van der Waals surface area contributed by atoms with Crippen LogP contribution in [0, 0.1) is 10.1 Å². The summed E-state index contributed by atoms with van der Waals surface area (Å²) in [7, 11) is 6.11. The Kier molecular flexibility index (Phi) is 7.48. The molecule has 0 aliphatic carbocycles. The van der Waals surface area contributed by atoms with E-state index in [1.54, 1.807) is 0 Å². The van der Waals surface area contributed by atoms with E-state index >= 15 is 0 Å². The van der Waals surface area contributed by atoms with Crippen molar-refractivity contribution in [3.63, 3.8) is 0 Å². The highest BCUT2D eigenvalue weighted by Crippen LogP contribution is 2.25. The van der Waals surface area contributed by atoms with Crippen molar-refractivity contribution in [1.29, 1.82) is 0 Å². The largest absolute Gasteiger partial charge is 0.378 e. The van der Waals surface area contributed by atoms with Gasteiger partial charge in [-0.1, -0.05) is 23.7 Å². The van der Waals surface area contributed by atoms with Crippen molar-refractivity contribution < 1.29 is 9.72 Å². The lowest BCUT2D eigenvalue weighted by Gasteiger charge is -2.38. The van der Waals surface area contributed by atoms with Crippen LogP contribution in [-0.4, -0.2) is 74.5 Å². The maximum Gasteiger partial charge on any atom is 0.270 e. The van der Waals surface area contributed by atoms with Crippen LogP contribution < -0.4 is 10.2 Å². The Morgan fingerprint density at radius 3 is 2.35 bits per heavy atom. The van der Waals surface area contributed by atoms with Crippen LogP contribution >= 0.6 is 11.6 Å². The Morgan fingerprint density at radius 2 is 1.81 bits per heavy atom. The number of nitrogens with one attached hydrogen (secondary N) is 1. The Labute approximate surface area is 187 Å². The highest BCUT2D eigenvalue weighted by atomic mass is 35.5. The van der Waals surface area contributed by atoms with Crippen molar-refractivity contribution in [1.82, 2.24) is 15.1 Å². The van der Waals surface area contributed by atoms with E-state index in [-0.39, 0.29) is 28.2 Å². The molecule has 1 aliphatic heterocycles. The minimum absolute atomic E-state index is 0.0192. The molecule has 166 valence electrons. The van der Waals surface area contributed by atoms with Gasteiger partial charge in [-0.05, 0) is 30.8 Å². The van der Waals surface area contributed by atoms with Gasteiger partial charge in [-0.25, -0.2) is 0 Å². The highest BCUT2D eigenvalue weighted by molar-refractivity contribution is 6.34. The van der Waals surface area contributed by atoms with Crippen molar-refractivity contribution >= 4 is 28.9 Å². The minimum atomic E-state index is -0.533. The van der Waals surface area contributed by atoms with E-state index in [4.69, 9.17) is 11.6 Å². The number of hydrogen-bond donors (Lipinski definition) is 1. The number of rotatable bonds is 7. The first-order chi connectivity index (χ1) is 14.8. The van der Waals surface area contributed by atoms with E-state index in [9.17, 15) is 14.9 Å². The van der Waals surface area contributed by atoms with Crippen LogP contribution in [0.1, 0.15) is 22.0 Å². The molecule has 0 bridgehead atoms. The van der Waals surface area contributed by atoms with Gasteiger partial charge in [-0.3, -0.25) is 19.8 Å². The minimum Gasteiger partial charge on any atom is -0.378 e. The van der Waals surface area contributed by atoms with Crippen molar-refractivity contribution in [3.8, 4) is 0 Å². The summed E-state index contributed by atoms with van der Waals surface area (Å²) in [4.78, 5) is 29.8. The van der Waals surface area contributed by atoms with Crippen LogP contribution in [-0.2, 0) is 0 Å². The standard InChI is InChI=1S/C22H28ClN5O3/c1-25(2)17-6-4-16(5-7-17)21(27-12-10-26(3)11-13-27)15-24-22(29)19-9-8-18(28(30)31)14-20(19)23/h4-9,14,21H,10-13,15H2,1-3H3,(H,24,29). The van der Waals surface area contributed by atoms with E-state index < -0.39 is 4.92 Å². The highest BCUT2D eigenvalue weighted by Gasteiger charge is 2.25. The Bertz CT molecular complexity index is 927. The number of hydrogen-bond acceptors (Lipinski definition) is 6. The summed E-state index contributed by atoms with van der Waals surface area (Å²) >= 11 is 6.13. The van der Waals surface area contributed by atoms with Crippen molar-refractivity contribution in [3.05, 3.63) is 68.7 Å². The summed E-state index contributed by atoms with van der Waals surface area (Å²) in [6, 6.07) is 12.3. The van der Waals surface area contributed by atoms with Gasteiger partial charge in [0, 0.05) is 64.6 Å². The average molecular weight is 446 g/mol. The van der Waals surface area contributed by atoms with Gasteiger partial charge >= 0.3 is 0 Å². The van der Waals surface area contributed by atoms with Crippen molar-refractivity contribution in [2.24, 2.45) is 0 Å². The predicted octanol–water partition coefficient (Wildman–Crippen LogP) is 3.03. The molecule has 1 N–H and O–H groups in total. The maximum absolute atomic E-state index is 12.8. The number of likely N-dealkylation sites (N-methyl/N-ethyl adjacent to an activating group) is 1. The first-order valence-electron chi connectivity index (χ1n) is 10.2. The number of nitro groups is 1. The number of carbonyl (C=O) groups excluding carboxylic acids is 1. The van der Waals surface area contributed by atoms with E-state index in [0.717, 1.165) is 37.4 Å². The number of halogens is 1. The zero-order valence-electron chi connectivity index (χ0n) is 18.0. The summed E-state index contributed by atoms with van der Waals surface area (Å²) in [5, 5.41) is 13.9. The lowest BCUT2D eigenvalue weighted by Crippen LogP contribution is -2.48. The molecule has 31 heavy (non-hydrogen) atoms. The van der Waals surface area contributed by atoms with Crippen molar-refractivity contribution in [2.75, 3.05) is 58.8 Å². The van der Waals surface area contributed by atoms with Gasteiger partial charge in [0.05, 0.1) is 21.6 Å². The summed E-state index contributed by atoms with van der Waals surface area (Å²) in [5.74, 6) is -0.344. The number of piperazine rings is 1. The fourth-order valence-electron chi connectivity index (χ4n) is 3.67. The normalized spacial score (nSPS) is 16.0.